The first-order chi connectivity index (χ1) is 13.1. The van der Waals surface area contributed by atoms with Gasteiger partial charge in [-0.25, -0.2) is 4.68 Å². The van der Waals surface area contributed by atoms with Crippen LogP contribution in [0.1, 0.15) is 17.2 Å². The van der Waals surface area contributed by atoms with E-state index in [1.165, 1.54) is 6.33 Å². The van der Waals surface area contributed by atoms with E-state index in [-0.39, 0.29) is 6.04 Å². The number of fused-ring (bicyclic) bond motifs is 1. The number of nitrogens with one attached hydrogen (secondary N) is 1. The number of ether oxygens (including phenoxy) is 2. The van der Waals surface area contributed by atoms with Gasteiger partial charge in [0.1, 0.15) is 12.4 Å². The van der Waals surface area contributed by atoms with Crippen LogP contribution in [0.25, 0.3) is 5.70 Å². The molecule has 27 heavy (non-hydrogen) atoms. The molecule has 1 N–H and O–H groups in total. The third kappa shape index (κ3) is 3.22. The van der Waals surface area contributed by atoms with E-state index in [4.69, 9.17) is 32.7 Å². The molecule has 0 aliphatic carbocycles. The molecule has 0 spiro atoms. The summed E-state index contributed by atoms with van der Waals surface area (Å²) in [6, 6.07) is 10.9. The highest BCUT2D eigenvalue weighted by Crippen LogP contribution is 2.37. The van der Waals surface area contributed by atoms with Gasteiger partial charge in [0, 0.05) is 21.3 Å². The second-order valence-corrected chi connectivity index (χ2v) is 6.76. The highest BCUT2D eigenvalue weighted by molar-refractivity contribution is 6.35. The summed E-state index contributed by atoms with van der Waals surface area (Å²) >= 11 is 12.5. The molecule has 0 saturated heterocycles. The minimum atomic E-state index is -0.225. The third-order valence-corrected chi connectivity index (χ3v) is 4.95. The molecule has 2 heterocycles. The lowest BCUT2D eigenvalue weighted by Gasteiger charge is -2.25. The van der Waals surface area contributed by atoms with Gasteiger partial charge in [-0.15, -0.1) is 0 Å². The van der Waals surface area contributed by atoms with Crippen LogP contribution in [-0.2, 0) is 0 Å². The van der Waals surface area contributed by atoms with Crippen molar-refractivity contribution in [2.75, 3.05) is 19.5 Å². The normalized spacial score (nSPS) is 15.6. The molecular weight excluding hydrogens is 387 g/mol. The maximum Gasteiger partial charge on any atom is 0.226 e. The lowest BCUT2D eigenvalue weighted by atomic mass is 10.0. The topological polar surface area (TPSA) is 61.2 Å². The molecule has 138 valence electrons. The summed E-state index contributed by atoms with van der Waals surface area (Å²) in [5.41, 5.74) is 2.68. The van der Waals surface area contributed by atoms with Crippen LogP contribution in [0.2, 0.25) is 10.0 Å². The molecule has 0 amide bonds. The Balaban J connectivity index is 1.81. The van der Waals surface area contributed by atoms with E-state index in [0.29, 0.717) is 27.5 Å². The highest BCUT2D eigenvalue weighted by Gasteiger charge is 2.25. The number of nitrogens with zero attached hydrogens (tertiary/aromatic N) is 3. The fourth-order valence-corrected chi connectivity index (χ4v) is 3.59. The number of methoxy groups -OCH3 is 2. The molecule has 0 bridgehead atoms. The van der Waals surface area contributed by atoms with Gasteiger partial charge in [-0.05, 0) is 42.0 Å². The number of halogens is 2. The lowest BCUT2D eigenvalue weighted by Crippen LogP contribution is -2.20. The number of benzene rings is 2. The fraction of sp³-hybridized carbons (Fsp3) is 0.158. The van der Waals surface area contributed by atoms with Gasteiger partial charge in [0.15, 0.2) is 11.5 Å². The van der Waals surface area contributed by atoms with E-state index in [2.05, 4.69) is 15.4 Å². The second kappa shape index (κ2) is 7.13. The van der Waals surface area contributed by atoms with Crippen LogP contribution in [0.3, 0.4) is 0 Å². The first kappa shape index (κ1) is 17.7. The van der Waals surface area contributed by atoms with Gasteiger partial charge in [-0.1, -0.05) is 29.3 Å². The summed E-state index contributed by atoms with van der Waals surface area (Å²) in [7, 11) is 3.22. The van der Waals surface area contributed by atoms with Crippen molar-refractivity contribution in [3.63, 3.8) is 0 Å². The first-order valence-electron chi connectivity index (χ1n) is 8.16. The molecule has 1 aromatic heterocycles. The Morgan fingerprint density at radius 3 is 2.59 bits per heavy atom. The number of hydrogen-bond acceptors (Lipinski definition) is 5. The van der Waals surface area contributed by atoms with Crippen LogP contribution >= 0.6 is 23.2 Å². The van der Waals surface area contributed by atoms with E-state index in [0.717, 1.165) is 16.8 Å². The van der Waals surface area contributed by atoms with Gasteiger partial charge in [-0.2, -0.15) is 10.1 Å². The zero-order valence-electron chi connectivity index (χ0n) is 14.6. The Morgan fingerprint density at radius 2 is 1.85 bits per heavy atom. The zero-order chi connectivity index (χ0) is 19.0. The molecule has 1 aliphatic rings. The summed E-state index contributed by atoms with van der Waals surface area (Å²) in [5, 5.41) is 8.78. The zero-order valence-corrected chi connectivity index (χ0v) is 16.1. The van der Waals surface area contributed by atoms with Crippen LogP contribution in [0.15, 0.2) is 48.8 Å². The number of rotatable bonds is 4. The van der Waals surface area contributed by atoms with Crippen LogP contribution in [0.4, 0.5) is 5.95 Å². The summed E-state index contributed by atoms with van der Waals surface area (Å²) < 4.78 is 12.5. The monoisotopic (exact) mass is 402 g/mol. The molecule has 6 nitrogen and oxygen atoms in total. The van der Waals surface area contributed by atoms with Gasteiger partial charge in [0.2, 0.25) is 5.95 Å². The Bertz CT molecular complexity index is 1030. The molecular formula is C19H16Cl2N4O2. The van der Waals surface area contributed by atoms with Gasteiger partial charge in [0.25, 0.3) is 0 Å². The Labute approximate surface area is 166 Å². The molecule has 8 heteroatoms. The van der Waals surface area contributed by atoms with Crippen molar-refractivity contribution in [1.29, 1.82) is 0 Å². The van der Waals surface area contributed by atoms with Crippen molar-refractivity contribution in [1.82, 2.24) is 14.8 Å². The Hall–Kier alpha value is -2.70. The van der Waals surface area contributed by atoms with Crippen LogP contribution in [-0.4, -0.2) is 29.0 Å². The number of aromatic nitrogens is 3. The maximum absolute atomic E-state index is 6.45. The summed E-state index contributed by atoms with van der Waals surface area (Å²) in [5.74, 6) is 1.93. The van der Waals surface area contributed by atoms with Crippen LogP contribution < -0.4 is 14.8 Å². The predicted molar refractivity (Wildman–Crippen MR) is 106 cm³/mol. The molecule has 4 rings (SSSR count). The van der Waals surface area contributed by atoms with Crippen molar-refractivity contribution in [3.8, 4) is 11.5 Å². The summed E-state index contributed by atoms with van der Waals surface area (Å²) in [4.78, 5) is 4.31. The third-order valence-electron chi connectivity index (χ3n) is 4.38. The van der Waals surface area contributed by atoms with Gasteiger partial charge >= 0.3 is 0 Å². The van der Waals surface area contributed by atoms with E-state index in [1.807, 2.05) is 36.4 Å². The number of anilines is 1. The number of hydrogen-bond donors (Lipinski definition) is 1. The molecule has 2 aromatic carbocycles. The molecule has 3 aromatic rings. The van der Waals surface area contributed by atoms with Crippen molar-refractivity contribution in [2.45, 2.75) is 6.04 Å². The van der Waals surface area contributed by atoms with Crippen molar-refractivity contribution >= 4 is 34.8 Å². The minimum absolute atomic E-state index is 0.225. The molecule has 0 radical (unpaired) electrons. The van der Waals surface area contributed by atoms with E-state index in [1.54, 1.807) is 25.0 Å². The van der Waals surface area contributed by atoms with Crippen molar-refractivity contribution in [3.05, 3.63) is 70.0 Å². The predicted octanol–water partition coefficient (Wildman–Crippen LogP) is 4.66. The van der Waals surface area contributed by atoms with Gasteiger partial charge in [-0.3, -0.25) is 0 Å². The van der Waals surface area contributed by atoms with Crippen LogP contribution in [0, 0.1) is 0 Å². The van der Waals surface area contributed by atoms with E-state index < -0.39 is 0 Å². The Morgan fingerprint density at radius 1 is 1.04 bits per heavy atom. The number of allylic oxidation sites excluding steroid dienone is 1. The Kier molecular flexibility index (Phi) is 4.68. The first-order valence-corrected chi connectivity index (χ1v) is 8.92. The van der Waals surface area contributed by atoms with Crippen molar-refractivity contribution < 1.29 is 9.47 Å². The SMILES string of the molecule is COc1ccc(C2=C[C@H](c3ccc(Cl)cc3Cl)n3ncnc3N2)cc1OC. The van der Waals surface area contributed by atoms with Crippen LogP contribution in [0.5, 0.6) is 11.5 Å². The quantitative estimate of drug-likeness (QED) is 0.687. The van der Waals surface area contributed by atoms with E-state index >= 15 is 0 Å². The molecule has 0 fully saturated rings. The van der Waals surface area contributed by atoms with E-state index in [9.17, 15) is 0 Å². The summed E-state index contributed by atoms with van der Waals surface area (Å²) in [6.07, 6.45) is 3.54. The van der Waals surface area contributed by atoms with Gasteiger partial charge < -0.3 is 14.8 Å². The smallest absolute Gasteiger partial charge is 0.226 e. The standard InChI is InChI=1S/C19H16Cl2N4O2/c1-26-17-6-3-11(7-18(17)27-2)15-9-16(25-19(24-15)22-10-23-25)13-5-4-12(20)8-14(13)21/h3-10,16H,1-2H3,(H,22,23,24)/t16-/m1/s1. The molecule has 1 atom stereocenters. The largest absolute Gasteiger partial charge is 0.493 e. The van der Waals surface area contributed by atoms with Gasteiger partial charge in [0.05, 0.1) is 14.2 Å². The molecule has 1 aliphatic heterocycles. The minimum Gasteiger partial charge on any atom is -0.493 e. The lowest BCUT2D eigenvalue weighted by molar-refractivity contribution is 0.355. The fourth-order valence-electron chi connectivity index (χ4n) is 3.07. The maximum atomic E-state index is 6.45. The average molecular weight is 403 g/mol. The summed E-state index contributed by atoms with van der Waals surface area (Å²) in [6.45, 7) is 0. The highest BCUT2D eigenvalue weighted by atomic mass is 35.5. The second-order valence-electron chi connectivity index (χ2n) is 5.91. The molecule has 0 unspecified atom stereocenters. The van der Waals surface area contributed by atoms with Crippen molar-refractivity contribution in [2.24, 2.45) is 0 Å². The molecule has 0 saturated carbocycles. The average Bonchev–Trinajstić information content (AvgIpc) is 3.15.